The van der Waals surface area contributed by atoms with Crippen LogP contribution in [-0.2, 0) is 6.54 Å². The number of benzene rings is 1. The van der Waals surface area contributed by atoms with Gasteiger partial charge < -0.3 is 19.7 Å². The Hall–Kier alpha value is -2.01. The summed E-state index contributed by atoms with van der Waals surface area (Å²) >= 11 is 0. The van der Waals surface area contributed by atoms with Crippen LogP contribution in [0.25, 0.3) is 11.3 Å². The van der Waals surface area contributed by atoms with Crippen molar-refractivity contribution in [3.8, 4) is 22.8 Å². The lowest BCUT2D eigenvalue weighted by molar-refractivity contribution is 0.355. The van der Waals surface area contributed by atoms with E-state index in [0.29, 0.717) is 29.5 Å². The summed E-state index contributed by atoms with van der Waals surface area (Å²) in [5, 5.41) is 3.95. The molecule has 0 saturated carbocycles. The van der Waals surface area contributed by atoms with Gasteiger partial charge in [0, 0.05) is 11.6 Å². The Balaban J connectivity index is 2.50. The van der Waals surface area contributed by atoms with E-state index in [1.807, 2.05) is 18.2 Å². The number of nitrogens with zero attached hydrogens (tertiary/aromatic N) is 1. The van der Waals surface area contributed by atoms with Crippen molar-refractivity contribution < 1.29 is 14.0 Å². The molecule has 1 aromatic heterocycles. The van der Waals surface area contributed by atoms with E-state index < -0.39 is 0 Å². The molecule has 0 atom stereocenters. The van der Waals surface area contributed by atoms with Crippen molar-refractivity contribution in [3.05, 3.63) is 30.0 Å². The predicted molar refractivity (Wildman–Crippen MR) is 62.9 cm³/mol. The molecule has 1 heterocycles. The highest BCUT2D eigenvalue weighted by atomic mass is 16.5. The first-order chi connectivity index (χ1) is 8.30. The van der Waals surface area contributed by atoms with Gasteiger partial charge in [-0.1, -0.05) is 11.2 Å². The lowest BCUT2D eigenvalue weighted by atomic mass is 10.1. The third-order valence-corrected chi connectivity index (χ3v) is 2.44. The highest BCUT2D eigenvalue weighted by molar-refractivity contribution is 5.71. The Labute approximate surface area is 99.1 Å². The molecule has 0 fully saturated rings. The molecule has 5 nitrogen and oxygen atoms in total. The molecule has 0 spiro atoms. The van der Waals surface area contributed by atoms with Gasteiger partial charge in [-0.3, -0.25) is 0 Å². The van der Waals surface area contributed by atoms with Crippen LogP contribution in [0.2, 0.25) is 0 Å². The number of methoxy groups -OCH3 is 2. The minimum atomic E-state index is 0.319. The third-order valence-electron chi connectivity index (χ3n) is 2.44. The SMILES string of the molecule is COc1cccc(-c2cc(CN)on2)c1OC. The zero-order valence-corrected chi connectivity index (χ0v) is 9.77. The first-order valence-electron chi connectivity index (χ1n) is 5.17. The lowest BCUT2D eigenvalue weighted by Crippen LogP contribution is -1.93. The molecule has 2 rings (SSSR count). The van der Waals surface area contributed by atoms with Crippen molar-refractivity contribution in [1.29, 1.82) is 0 Å². The molecular weight excluding hydrogens is 220 g/mol. The minimum Gasteiger partial charge on any atom is -0.493 e. The van der Waals surface area contributed by atoms with E-state index in [4.69, 9.17) is 19.7 Å². The number of para-hydroxylation sites is 1. The maximum absolute atomic E-state index is 5.48. The minimum absolute atomic E-state index is 0.319. The smallest absolute Gasteiger partial charge is 0.170 e. The summed E-state index contributed by atoms with van der Waals surface area (Å²) < 4.78 is 15.6. The van der Waals surface area contributed by atoms with E-state index in [0.717, 1.165) is 5.56 Å². The quantitative estimate of drug-likeness (QED) is 0.873. The zero-order chi connectivity index (χ0) is 12.3. The summed E-state index contributed by atoms with van der Waals surface area (Å²) in [5.41, 5.74) is 6.97. The molecule has 2 N–H and O–H groups in total. The Morgan fingerprint density at radius 3 is 2.71 bits per heavy atom. The van der Waals surface area contributed by atoms with Crippen LogP contribution in [0.4, 0.5) is 0 Å². The summed E-state index contributed by atoms with van der Waals surface area (Å²) in [6, 6.07) is 7.37. The van der Waals surface area contributed by atoms with Gasteiger partial charge in [0.2, 0.25) is 0 Å². The fourth-order valence-electron chi connectivity index (χ4n) is 1.62. The number of hydrogen-bond acceptors (Lipinski definition) is 5. The molecule has 2 aromatic rings. The molecule has 0 saturated heterocycles. The second-order valence-corrected chi connectivity index (χ2v) is 3.42. The molecule has 0 radical (unpaired) electrons. The first-order valence-corrected chi connectivity index (χ1v) is 5.17. The molecular formula is C12H14N2O3. The average molecular weight is 234 g/mol. The van der Waals surface area contributed by atoms with Crippen LogP contribution < -0.4 is 15.2 Å². The van der Waals surface area contributed by atoms with Gasteiger partial charge >= 0.3 is 0 Å². The topological polar surface area (TPSA) is 70.5 Å². The van der Waals surface area contributed by atoms with Gasteiger partial charge in [0.05, 0.1) is 20.8 Å². The van der Waals surface area contributed by atoms with Crippen molar-refractivity contribution in [2.24, 2.45) is 5.73 Å². The van der Waals surface area contributed by atoms with Crippen LogP contribution in [0.1, 0.15) is 5.76 Å². The fraction of sp³-hybridized carbons (Fsp3) is 0.250. The molecule has 90 valence electrons. The second kappa shape index (κ2) is 4.88. The first kappa shape index (κ1) is 11.5. The maximum Gasteiger partial charge on any atom is 0.170 e. The highest BCUT2D eigenvalue weighted by Gasteiger charge is 2.14. The van der Waals surface area contributed by atoms with Crippen molar-refractivity contribution in [2.75, 3.05) is 14.2 Å². The summed E-state index contributed by atoms with van der Waals surface area (Å²) in [5.74, 6) is 1.92. The Kier molecular flexibility index (Phi) is 3.30. The van der Waals surface area contributed by atoms with Crippen molar-refractivity contribution >= 4 is 0 Å². The molecule has 17 heavy (non-hydrogen) atoms. The van der Waals surface area contributed by atoms with Gasteiger partial charge in [-0.2, -0.15) is 0 Å². The van der Waals surface area contributed by atoms with Crippen LogP contribution in [0.3, 0.4) is 0 Å². The molecule has 1 aromatic carbocycles. The molecule has 0 aliphatic carbocycles. The van der Waals surface area contributed by atoms with E-state index >= 15 is 0 Å². The zero-order valence-electron chi connectivity index (χ0n) is 9.77. The van der Waals surface area contributed by atoms with Crippen molar-refractivity contribution in [1.82, 2.24) is 5.16 Å². The Morgan fingerprint density at radius 1 is 1.29 bits per heavy atom. The number of aromatic nitrogens is 1. The number of nitrogens with two attached hydrogens (primary N) is 1. The lowest BCUT2D eigenvalue weighted by Gasteiger charge is -2.10. The van der Waals surface area contributed by atoms with Crippen molar-refractivity contribution in [3.63, 3.8) is 0 Å². The van der Waals surface area contributed by atoms with E-state index in [9.17, 15) is 0 Å². The predicted octanol–water partition coefficient (Wildman–Crippen LogP) is 1.82. The van der Waals surface area contributed by atoms with E-state index in [1.54, 1.807) is 20.3 Å². The molecule has 0 aliphatic rings. The van der Waals surface area contributed by atoms with Crippen LogP contribution >= 0.6 is 0 Å². The summed E-state index contributed by atoms with van der Waals surface area (Å²) in [7, 11) is 3.18. The van der Waals surface area contributed by atoms with Crippen LogP contribution in [-0.4, -0.2) is 19.4 Å². The highest BCUT2D eigenvalue weighted by Crippen LogP contribution is 2.37. The number of hydrogen-bond donors (Lipinski definition) is 1. The van der Waals surface area contributed by atoms with Gasteiger partial charge in [-0.05, 0) is 12.1 Å². The number of ether oxygens (including phenoxy) is 2. The summed E-state index contributed by atoms with van der Waals surface area (Å²) in [6.45, 7) is 0.319. The maximum atomic E-state index is 5.48. The molecule has 0 bridgehead atoms. The Morgan fingerprint density at radius 2 is 2.12 bits per heavy atom. The standard InChI is InChI=1S/C12H14N2O3/c1-15-11-5-3-4-9(12(11)16-2)10-6-8(7-13)17-14-10/h3-6H,7,13H2,1-2H3. The van der Waals surface area contributed by atoms with E-state index in [-0.39, 0.29) is 0 Å². The van der Waals surface area contributed by atoms with Gasteiger partial charge in [-0.25, -0.2) is 0 Å². The van der Waals surface area contributed by atoms with Crippen LogP contribution in [0.15, 0.2) is 28.8 Å². The Bertz CT molecular complexity index is 508. The normalized spacial score (nSPS) is 10.3. The van der Waals surface area contributed by atoms with Crippen LogP contribution in [0.5, 0.6) is 11.5 Å². The van der Waals surface area contributed by atoms with Gasteiger partial charge in [0.25, 0.3) is 0 Å². The third kappa shape index (κ3) is 2.09. The van der Waals surface area contributed by atoms with Gasteiger partial charge in [0.1, 0.15) is 5.69 Å². The van der Waals surface area contributed by atoms with E-state index in [1.165, 1.54) is 0 Å². The van der Waals surface area contributed by atoms with Gasteiger partial charge in [-0.15, -0.1) is 0 Å². The van der Waals surface area contributed by atoms with Gasteiger partial charge in [0.15, 0.2) is 17.3 Å². The van der Waals surface area contributed by atoms with E-state index in [2.05, 4.69) is 5.16 Å². The average Bonchev–Trinajstić information content (AvgIpc) is 2.86. The fourth-order valence-corrected chi connectivity index (χ4v) is 1.62. The monoisotopic (exact) mass is 234 g/mol. The largest absolute Gasteiger partial charge is 0.493 e. The second-order valence-electron chi connectivity index (χ2n) is 3.42. The summed E-state index contributed by atoms with van der Waals surface area (Å²) in [4.78, 5) is 0. The molecule has 5 heteroatoms. The molecule has 0 aliphatic heterocycles. The van der Waals surface area contributed by atoms with Crippen LogP contribution in [0, 0.1) is 0 Å². The number of rotatable bonds is 4. The molecule has 0 unspecified atom stereocenters. The molecule has 0 amide bonds. The summed E-state index contributed by atoms with van der Waals surface area (Å²) in [6.07, 6.45) is 0. The van der Waals surface area contributed by atoms with Crippen molar-refractivity contribution in [2.45, 2.75) is 6.54 Å².